The van der Waals surface area contributed by atoms with E-state index >= 15 is 0 Å². The molecule has 1 N–H and O–H groups in total. The fourth-order valence-corrected chi connectivity index (χ4v) is 2.27. The van der Waals surface area contributed by atoms with Crippen LogP contribution in [0.1, 0.15) is 30.9 Å². The fraction of sp³-hybridized carbons (Fsp3) is 0.267. The number of pyridine rings is 1. The number of aryl methyl sites for hydroxylation is 1. The van der Waals surface area contributed by atoms with Gasteiger partial charge in [-0.25, -0.2) is 9.37 Å². The van der Waals surface area contributed by atoms with Crippen molar-refractivity contribution < 1.29 is 4.39 Å². The number of nitrogens with one attached hydrogen (secondary N) is 1. The maximum absolute atomic E-state index is 13.8. The van der Waals surface area contributed by atoms with Gasteiger partial charge < -0.3 is 5.32 Å². The van der Waals surface area contributed by atoms with Crippen LogP contribution in [0.25, 0.3) is 0 Å². The summed E-state index contributed by atoms with van der Waals surface area (Å²) in [6.45, 7) is 6.24. The minimum Gasteiger partial charge on any atom is -0.337 e. The Morgan fingerprint density at radius 3 is 2.68 bits per heavy atom. The lowest BCUT2D eigenvalue weighted by Crippen LogP contribution is -2.03. The van der Waals surface area contributed by atoms with Crippen LogP contribution >= 0.6 is 15.9 Å². The first-order chi connectivity index (χ1) is 8.99. The fourth-order valence-electron chi connectivity index (χ4n) is 1.97. The Morgan fingerprint density at radius 2 is 2.05 bits per heavy atom. The Bertz CT molecular complexity index is 597. The van der Waals surface area contributed by atoms with Crippen LogP contribution in [0.5, 0.6) is 0 Å². The largest absolute Gasteiger partial charge is 0.337 e. The summed E-state index contributed by atoms with van der Waals surface area (Å²) in [5.41, 5.74) is 3.17. The molecule has 100 valence electrons. The van der Waals surface area contributed by atoms with Crippen molar-refractivity contribution in [1.29, 1.82) is 0 Å². The highest BCUT2D eigenvalue weighted by atomic mass is 79.9. The molecule has 2 aromatic rings. The summed E-state index contributed by atoms with van der Waals surface area (Å²) in [7, 11) is 0. The smallest absolute Gasteiger partial charge is 0.166 e. The normalized spacial score (nSPS) is 10.8. The first-order valence-corrected chi connectivity index (χ1v) is 6.96. The van der Waals surface area contributed by atoms with E-state index in [-0.39, 0.29) is 11.6 Å². The number of hydrogen-bond acceptors (Lipinski definition) is 2. The van der Waals surface area contributed by atoms with Crippen LogP contribution in [0.2, 0.25) is 0 Å². The zero-order valence-corrected chi connectivity index (χ0v) is 12.8. The summed E-state index contributed by atoms with van der Waals surface area (Å²) in [6.07, 6.45) is 1.58. The standard InChI is InChI=1S/C15H16BrFN2/c1-9(2)12-6-4-5-10(3)14(12)19-15-13(17)7-11(16)8-18-15/h4-9H,1-3H3,(H,18,19). The Hall–Kier alpha value is -1.42. The van der Waals surface area contributed by atoms with Gasteiger partial charge in [-0.05, 0) is 46.0 Å². The summed E-state index contributed by atoms with van der Waals surface area (Å²) in [5, 5.41) is 3.11. The molecular weight excluding hydrogens is 307 g/mol. The molecule has 1 aromatic carbocycles. The van der Waals surface area contributed by atoms with E-state index in [0.29, 0.717) is 10.4 Å². The van der Waals surface area contributed by atoms with E-state index < -0.39 is 0 Å². The average Bonchev–Trinajstić information content (AvgIpc) is 2.34. The van der Waals surface area contributed by atoms with Crippen LogP contribution in [0.4, 0.5) is 15.9 Å². The van der Waals surface area contributed by atoms with Crippen molar-refractivity contribution in [2.75, 3.05) is 5.32 Å². The minimum absolute atomic E-state index is 0.249. The van der Waals surface area contributed by atoms with Crippen LogP contribution in [0.15, 0.2) is 34.9 Å². The number of benzene rings is 1. The summed E-state index contributed by atoms with van der Waals surface area (Å²) >= 11 is 3.20. The molecule has 0 saturated carbocycles. The van der Waals surface area contributed by atoms with Crippen LogP contribution in [-0.4, -0.2) is 4.98 Å². The second kappa shape index (κ2) is 5.70. The van der Waals surface area contributed by atoms with E-state index in [1.807, 2.05) is 19.1 Å². The van der Waals surface area contributed by atoms with Gasteiger partial charge in [0.25, 0.3) is 0 Å². The molecule has 1 aromatic heterocycles. The third-order valence-electron chi connectivity index (χ3n) is 2.98. The van der Waals surface area contributed by atoms with Crippen molar-refractivity contribution in [3.63, 3.8) is 0 Å². The van der Waals surface area contributed by atoms with Gasteiger partial charge in [-0.15, -0.1) is 0 Å². The number of para-hydroxylation sites is 1. The third-order valence-corrected chi connectivity index (χ3v) is 3.41. The SMILES string of the molecule is Cc1cccc(C(C)C)c1Nc1ncc(Br)cc1F. The maximum Gasteiger partial charge on any atom is 0.166 e. The average molecular weight is 323 g/mol. The highest BCUT2D eigenvalue weighted by Crippen LogP contribution is 2.30. The van der Waals surface area contributed by atoms with Crippen molar-refractivity contribution in [2.45, 2.75) is 26.7 Å². The molecule has 2 rings (SSSR count). The molecule has 0 radical (unpaired) electrons. The molecule has 1 heterocycles. The van der Waals surface area contributed by atoms with Gasteiger partial charge in [-0.3, -0.25) is 0 Å². The predicted molar refractivity (Wildman–Crippen MR) is 80.4 cm³/mol. The zero-order valence-electron chi connectivity index (χ0n) is 11.2. The van der Waals surface area contributed by atoms with Gasteiger partial charge in [0.2, 0.25) is 0 Å². The van der Waals surface area contributed by atoms with Gasteiger partial charge >= 0.3 is 0 Å². The summed E-state index contributed by atoms with van der Waals surface area (Å²) in [4.78, 5) is 4.08. The molecule has 0 unspecified atom stereocenters. The van der Waals surface area contributed by atoms with Crippen molar-refractivity contribution >= 4 is 27.4 Å². The number of hydrogen-bond donors (Lipinski definition) is 1. The molecular formula is C15H16BrFN2. The van der Waals surface area contributed by atoms with E-state index in [2.05, 4.69) is 46.1 Å². The Kier molecular flexibility index (Phi) is 4.20. The van der Waals surface area contributed by atoms with E-state index in [1.165, 1.54) is 6.07 Å². The Balaban J connectivity index is 2.43. The molecule has 2 nitrogen and oxygen atoms in total. The van der Waals surface area contributed by atoms with E-state index in [4.69, 9.17) is 0 Å². The monoisotopic (exact) mass is 322 g/mol. The van der Waals surface area contributed by atoms with Crippen LogP contribution in [0.3, 0.4) is 0 Å². The number of nitrogens with zero attached hydrogens (tertiary/aromatic N) is 1. The molecule has 0 aliphatic heterocycles. The van der Waals surface area contributed by atoms with Crippen LogP contribution < -0.4 is 5.32 Å². The quantitative estimate of drug-likeness (QED) is 0.844. The number of halogens is 2. The molecule has 19 heavy (non-hydrogen) atoms. The highest BCUT2D eigenvalue weighted by molar-refractivity contribution is 9.10. The molecule has 0 aliphatic rings. The van der Waals surface area contributed by atoms with Gasteiger partial charge in [0.15, 0.2) is 11.6 Å². The summed E-state index contributed by atoms with van der Waals surface area (Å²) in [6, 6.07) is 7.48. The third kappa shape index (κ3) is 3.13. The molecule has 0 spiro atoms. The van der Waals surface area contributed by atoms with Gasteiger partial charge in [0, 0.05) is 16.4 Å². The van der Waals surface area contributed by atoms with Gasteiger partial charge in [-0.2, -0.15) is 0 Å². The zero-order chi connectivity index (χ0) is 14.0. The van der Waals surface area contributed by atoms with E-state index in [0.717, 1.165) is 16.8 Å². The molecule has 0 aliphatic carbocycles. The second-order valence-electron chi connectivity index (χ2n) is 4.80. The van der Waals surface area contributed by atoms with Crippen LogP contribution in [-0.2, 0) is 0 Å². The number of rotatable bonds is 3. The number of aromatic nitrogens is 1. The Labute approximate surface area is 121 Å². The first-order valence-electron chi connectivity index (χ1n) is 6.16. The van der Waals surface area contributed by atoms with Crippen molar-refractivity contribution in [1.82, 2.24) is 4.98 Å². The summed E-state index contributed by atoms with van der Waals surface area (Å²) in [5.74, 6) is 0.243. The molecule has 4 heteroatoms. The molecule has 0 saturated heterocycles. The molecule has 0 atom stereocenters. The van der Waals surface area contributed by atoms with E-state index in [9.17, 15) is 4.39 Å². The van der Waals surface area contributed by atoms with Crippen molar-refractivity contribution in [3.05, 3.63) is 51.9 Å². The van der Waals surface area contributed by atoms with Crippen molar-refractivity contribution in [2.24, 2.45) is 0 Å². The highest BCUT2D eigenvalue weighted by Gasteiger charge is 2.12. The first kappa shape index (κ1) is 14.0. The lowest BCUT2D eigenvalue weighted by Gasteiger charge is -2.17. The van der Waals surface area contributed by atoms with Gasteiger partial charge in [0.1, 0.15) is 0 Å². The molecule has 0 amide bonds. The maximum atomic E-state index is 13.8. The number of anilines is 2. The lowest BCUT2D eigenvalue weighted by molar-refractivity contribution is 0.625. The molecule has 0 bridgehead atoms. The predicted octanol–water partition coefficient (Wildman–Crippen LogP) is 5.16. The summed E-state index contributed by atoms with van der Waals surface area (Å²) < 4.78 is 14.5. The van der Waals surface area contributed by atoms with Crippen molar-refractivity contribution in [3.8, 4) is 0 Å². The topological polar surface area (TPSA) is 24.9 Å². The Morgan fingerprint density at radius 1 is 1.32 bits per heavy atom. The van der Waals surface area contributed by atoms with Gasteiger partial charge in [-0.1, -0.05) is 32.0 Å². The second-order valence-corrected chi connectivity index (χ2v) is 5.72. The molecule has 0 fully saturated rings. The van der Waals surface area contributed by atoms with E-state index in [1.54, 1.807) is 6.20 Å². The van der Waals surface area contributed by atoms with Crippen LogP contribution in [0, 0.1) is 12.7 Å². The minimum atomic E-state index is -0.368. The van der Waals surface area contributed by atoms with Gasteiger partial charge in [0.05, 0.1) is 0 Å². The lowest BCUT2D eigenvalue weighted by atomic mass is 9.98.